The molecular weight excluding hydrogens is 281 g/mol. The predicted molar refractivity (Wildman–Crippen MR) is 79.7 cm³/mol. The van der Waals surface area contributed by atoms with Crippen molar-refractivity contribution in [1.29, 1.82) is 0 Å². The molecule has 2 atom stereocenters. The van der Waals surface area contributed by atoms with Crippen LogP contribution in [0.4, 0.5) is 0 Å². The van der Waals surface area contributed by atoms with Gasteiger partial charge in [0.15, 0.2) is 0 Å². The Hall–Kier alpha value is -1.06. The molecule has 0 amide bonds. The van der Waals surface area contributed by atoms with E-state index < -0.39 is 6.10 Å². The van der Waals surface area contributed by atoms with Crippen LogP contribution in [0.1, 0.15) is 23.1 Å². The van der Waals surface area contributed by atoms with E-state index in [2.05, 4.69) is 0 Å². The van der Waals surface area contributed by atoms with E-state index in [1.54, 1.807) is 18.2 Å². The second-order valence-corrected chi connectivity index (χ2v) is 5.21. The maximum Gasteiger partial charge on any atom is 0.0885 e. The van der Waals surface area contributed by atoms with Gasteiger partial charge in [0.1, 0.15) is 0 Å². The van der Waals surface area contributed by atoms with Gasteiger partial charge < -0.3 is 10.8 Å². The van der Waals surface area contributed by atoms with Crippen molar-refractivity contribution in [3.63, 3.8) is 0 Å². The molecule has 100 valence electrons. The van der Waals surface area contributed by atoms with Crippen LogP contribution in [-0.4, -0.2) is 11.7 Å². The summed E-state index contributed by atoms with van der Waals surface area (Å²) in [5.41, 5.74) is 7.38. The smallest absolute Gasteiger partial charge is 0.0885 e. The summed E-state index contributed by atoms with van der Waals surface area (Å²) in [6, 6.07) is 14.6. The van der Waals surface area contributed by atoms with Gasteiger partial charge in [-0.15, -0.1) is 0 Å². The SMILES string of the molecule is NCC(c1cccc(Cl)c1)C(O)c1ccccc1Cl. The van der Waals surface area contributed by atoms with Crippen LogP contribution in [0.5, 0.6) is 0 Å². The Labute approximate surface area is 122 Å². The minimum atomic E-state index is -0.753. The van der Waals surface area contributed by atoms with Crippen LogP contribution in [0.2, 0.25) is 10.0 Å². The first kappa shape index (κ1) is 14.4. The van der Waals surface area contributed by atoms with E-state index in [4.69, 9.17) is 28.9 Å². The first-order valence-corrected chi connectivity index (χ1v) is 6.77. The Balaban J connectivity index is 2.35. The third-order valence-electron chi connectivity index (χ3n) is 3.14. The van der Waals surface area contributed by atoms with Gasteiger partial charge in [-0.1, -0.05) is 53.5 Å². The van der Waals surface area contributed by atoms with Crippen LogP contribution in [0.3, 0.4) is 0 Å². The molecule has 0 saturated heterocycles. The van der Waals surface area contributed by atoms with Crippen LogP contribution in [0, 0.1) is 0 Å². The topological polar surface area (TPSA) is 46.2 Å². The van der Waals surface area contributed by atoms with Gasteiger partial charge in [0.2, 0.25) is 0 Å². The summed E-state index contributed by atoms with van der Waals surface area (Å²) in [6.45, 7) is 0.312. The average molecular weight is 296 g/mol. The number of aliphatic hydroxyl groups excluding tert-OH is 1. The Morgan fingerprint density at radius 3 is 2.42 bits per heavy atom. The zero-order valence-electron chi connectivity index (χ0n) is 10.3. The summed E-state index contributed by atoms with van der Waals surface area (Å²) in [4.78, 5) is 0. The minimum absolute atomic E-state index is 0.237. The van der Waals surface area contributed by atoms with Crippen molar-refractivity contribution in [2.45, 2.75) is 12.0 Å². The van der Waals surface area contributed by atoms with E-state index in [1.807, 2.05) is 30.3 Å². The van der Waals surface area contributed by atoms with Crippen LogP contribution >= 0.6 is 23.2 Å². The first-order chi connectivity index (χ1) is 9.13. The molecule has 19 heavy (non-hydrogen) atoms. The summed E-state index contributed by atoms with van der Waals surface area (Å²) in [5.74, 6) is -0.237. The molecule has 0 fully saturated rings. The average Bonchev–Trinajstić information content (AvgIpc) is 2.40. The highest BCUT2D eigenvalue weighted by atomic mass is 35.5. The fourth-order valence-corrected chi connectivity index (χ4v) is 2.56. The van der Waals surface area contributed by atoms with E-state index in [-0.39, 0.29) is 5.92 Å². The maximum absolute atomic E-state index is 10.5. The number of hydrogen-bond acceptors (Lipinski definition) is 2. The molecule has 0 aliphatic carbocycles. The molecule has 0 saturated carbocycles. The quantitative estimate of drug-likeness (QED) is 0.902. The molecule has 4 heteroatoms. The summed E-state index contributed by atoms with van der Waals surface area (Å²) in [5, 5.41) is 11.7. The monoisotopic (exact) mass is 295 g/mol. The van der Waals surface area contributed by atoms with E-state index in [0.717, 1.165) is 5.56 Å². The predicted octanol–water partition coefficient (Wildman–Crippen LogP) is 3.77. The number of rotatable bonds is 4. The molecule has 2 nitrogen and oxygen atoms in total. The Bertz CT molecular complexity index is 559. The molecule has 0 aromatic heterocycles. The van der Waals surface area contributed by atoms with Gasteiger partial charge in [0.25, 0.3) is 0 Å². The molecule has 0 bridgehead atoms. The zero-order chi connectivity index (χ0) is 13.8. The number of nitrogens with two attached hydrogens (primary N) is 1. The lowest BCUT2D eigenvalue weighted by Gasteiger charge is -2.23. The molecule has 0 spiro atoms. The van der Waals surface area contributed by atoms with Crippen LogP contribution in [0.25, 0.3) is 0 Å². The van der Waals surface area contributed by atoms with Gasteiger partial charge in [0, 0.05) is 22.5 Å². The van der Waals surface area contributed by atoms with E-state index in [0.29, 0.717) is 22.2 Å². The lowest BCUT2D eigenvalue weighted by Crippen LogP contribution is -2.20. The molecule has 2 aromatic rings. The van der Waals surface area contributed by atoms with Gasteiger partial charge in [-0.25, -0.2) is 0 Å². The minimum Gasteiger partial charge on any atom is -0.388 e. The van der Waals surface area contributed by atoms with Crippen LogP contribution in [-0.2, 0) is 0 Å². The highest BCUT2D eigenvalue weighted by Crippen LogP contribution is 2.34. The highest BCUT2D eigenvalue weighted by Gasteiger charge is 2.23. The van der Waals surface area contributed by atoms with Crippen molar-refractivity contribution in [2.24, 2.45) is 5.73 Å². The molecule has 2 rings (SSSR count). The van der Waals surface area contributed by atoms with Gasteiger partial charge in [-0.05, 0) is 29.3 Å². The second-order valence-electron chi connectivity index (χ2n) is 4.36. The highest BCUT2D eigenvalue weighted by molar-refractivity contribution is 6.31. The molecule has 0 aliphatic rings. The number of aliphatic hydroxyl groups is 1. The molecule has 2 aromatic carbocycles. The van der Waals surface area contributed by atoms with Crippen molar-refractivity contribution in [2.75, 3.05) is 6.54 Å². The number of halogens is 2. The second kappa shape index (κ2) is 6.40. The Morgan fingerprint density at radius 1 is 1.05 bits per heavy atom. The maximum atomic E-state index is 10.5. The van der Waals surface area contributed by atoms with Crippen LogP contribution in [0.15, 0.2) is 48.5 Å². The molecule has 3 N–H and O–H groups in total. The lowest BCUT2D eigenvalue weighted by molar-refractivity contribution is 0.147. The van der Waals surface area contributed by atoms with Crippen molar-refractivity contribution in [1.82, 2.24) is 0 Å². The molecular formula is C15H15Cl2NO. The molecule has 0 radical (unpaired) electrons. The van der Waals surface area contributed by atoms with Gasteiger partial charge in [-0.2, -0.15) is 0 Å². The third-order valence-corrected chi connectivity index (χ3v) is 3.72. The van der Waals surface area contributed by atoms with Gasteiger partial charge in [-0.3, -0.25) is 0 Å². The fourth-order valence-electron chi connectivity index (χ4n) is 2.12. The van der Waals surface area contributed by atoms with Gasteiger partial charge in [0.05, 0.1) is 6.10 Å². The van der Waals surface area contributed by atoms with Crippen molar-refractivity contribution in [3.05, 3.63) is 69.7 Å². The Kier molecular flexibility index (Phi) is 4.83. The standard InChI is InChI=1S/C15H15Cl2NO/c16-11-5-3-4-10(8-11)13(9-18)15(19)12-6-1-2-7-14(12)17/h1-8,13,15,19H,9,18H2. The first-order valence-electron chi connectivity index (χ1n) is 6.01. The van der Waals surface area contributed by atoms with Crippen molar-refractivity contribution >= 4 is 23.2 Å². The largest absolute Gasteiger partial charge is 0.388 e. The van der Waals surface area contributed by atoms with Crippen LogP contribution < -0.4 is 5.73 Å². The summed E-state index contributed by atoms with van der Waals surface area (Å²) in [6.07, 6.45) is -0.753. The summed E-state index contributed by atoms with van der Waals surface area (Å²) in [7, 11) is 0. The Morgan fingerprint density at radius 2 is 1.79 bits per heavy atom. The van der Waals surface area contributed by atoms with Crippen molar-refractivity contribution < 1.29 is 5.11 Å². The van der Waals surface area contributed by atoms with E-state index in [1.165, 1.54) is 0 Å². The van der Waals surface area contributed by atoms with E-state index in [9.17, 15) is 5.11 Å². The number of benzene rings is 2. The van der Waals surface area contributed by atoms with E-state index >= 15 is 0 Å². The lowest BCUT2D eigenvalue weighted by atomic mass is 9.89. The third kappa shape index (κ3) is 3.28. The normalized spacial score (nSPS) is 14.1. The summed E-state index contributed by atoms with van der Waals surface area (Å²) < 4.78 is 0. The number of hydrogen-bond donors (Lipinski definition) is 2. The summed E-state index contributed by atoms with van der Waals surface area (Å²) >= 11 is 12.1. The molecule has 2 unspecified atom stereocenters. The molecule has 0 heterocycles. The van der Waals surface area contributed by atoms with Gasteiger partial charge >= 0.3 is 0 Å². The molecule has 0 aliphatic heterocycles. The zero-order valence-corrected chi connectivity index (χ0v) is 11.8. The fraction of sp³-hybridized carbons (Fsp3) is 0.200. The van der Waals surface area contributed by atoms with Crippen molar-refractivity contribution in [3.8, 4) is 0 Å².